The van der Waals surface area contributed by atoms with Crippen LogP contribution in [0.2, 0.25) is 0 Å². The summed E-state index contributed by atoms with van der Waals surface area (Å²) in [5, 5.41) is 3.47. The third-order valence-electron chi connectivity index (χ3n) is 2.82. The highest BCUT2D eigenvalue weighted by Crippen LogP contribution is 2.20. The molecule has 3 nitrogen and oxygen atoms in total. The molecule has 14 heavy (non-hydrogen) atoms. The van der Waals surface area contributed by atoms with Crippen LogP contribution in [0.3, 0.4) is 0 Å². The van der Waals surface area contributed by atoms with Gasteiger partial charge in [-0.05, 0) is 31.7 Å². The molecule has 0 amide bonds. The van der Waals surface area contributed by atoms with Crippen LogP contribution in [-0.2, 0) is 9.47 Å². The molecule has 0 aromatic carbocycles. The van der Waals surface area contributed by atoms with Gasteiger partial charge in [0.15, 0.2) is 0 Å². The average Bonchev–Trinajstić information content (AvgIpc) is 2.20. The third-order valence-corrected chi connectivity index (χ3v) is 2.82. The van der Waals surface area contributed by atoms with Crippen molar-refractivity contribution in [1.29, 1.82) is 0 Å². The Morgan fingerprint density at radius 3 is 2.71 bits per heavy atom. The smallest absolute Gasteiger partial charge is 0.0615 e. The second-order valence-electron chi connectivity index (χ2n) is 4.00. The van der Waals surface area contributed by atoms with Gasteiger partial charge in [0.2, 0.25) is 0 Å². The van der Waals surface area contributed by atoms with Crippen molar-refractivity contribution in [2.45, 2.75) is 32.2 Å². The van der Waals surface area contributed by atoms with E-state index in [1.807, 2.05) is 0 Å². The number of nitrogens with one attached hydrogen (secondary N) is 1. The predicted molar refractivity (Wildman–Crippen MR) is 57.5 cm³/mol. The fourth-order valence-corrected chi connectivity index (χ4v) is 2.08. The zero-order chi connectivity index (χ0) is 10.2. The van der Waals surface area contributed by atoms with Gasteiger partial charge in [-0.15, -0.1) is 0 Å². The molecule has 0 radical (unpaired) electrons. The molecule has 1 fully saturated rings. The van der Waals surface area contributed by atoms with Gasteiger partial charge in [0.25, 0.3) is 0 Å². The summed E-state index contributed by atoms with van der Waals surface area (Å²) in [6.07, 6.45) is 3.66. The molecule has 0 spiro atoms. The Morgan fingerprint density at radius 2 is 2.14 bits per heavy atom. The van der Waals surface area contributed by atoms with Crippen molar-refractivity contribution in [3.63, 3.8) is 0 Å². The highest BCUT2D eigenvalue weighted by molar-refractivity contribution is 4.73. The number of rotatable bonds is 6. The molecular formula is C11H23NO2. The van der Waals surface area contributed by atoms with Crippen LogP contribution in [-0.4, -0.2) is 39.5 Å². The van der Waals surface area contributed by atoms with Crippen LogP contribution in [0.15, 0.2) is 0 Å². The highest BCUT2D eigenvalue weighted by atomic mass is 16.5. The van der Waals surface area contributed by atoms with E-state index in [4.69, 9.17) is 9.47 Å². The van der Waals surface area contributed by atoms with Gasteiger partial charge in [-0.2, -0.15) is 0 Å². The lowest BCUT2D eigenvalue weighted by Gasteiger charge is -2.26. The van der Waals surface area contributed by atoms with Crippen molar-refractivity contribution in [2.75, 3.05) is 33.5 Å². The fourth-order valence-electron chi connectivity index (χ4n) is 2.08. The van der Waals surface area contributed by atoms with Crippen LogP contribution in [0, 0.1) is 5.92 Å². The average molecular weight is 201 g/mol. The van der Waals surface area contributed by atoms with Crippen LogP contribution >= 0.6 is 0 Å². The minimum atomic E-state index is 0.521. The largest absolute Gasteiger partial charge is 0.383 e. The molecule has 1 unspecified atom stereocenters. The first kappa shape index (κ1) is 12.0. The van der Waals surface area contributed by atoms with Crippen molar-refractivity contribution in [3.8, 4) is 0 Å². The Bertz CT molecular complexity index is 129. The number of methoxy groups -OCH3 is 1. The monoisotopic (exact) mass is 201 g/mol. The van der Waals surface area contributed by atoms with Crippen molar-refractivity contribution in [1.82, 2.24) is 5.32 Å². The molecule has 1 atom stereocenters. The zero-order valence-corrected chi connectivity index (χ0v) is 9.42. The van der Waals surface area contributed by atoms with Gasteiger partial charge >= 0.3 is 0 Å². The summed E-state index contributed by atoms with van der Waals surface area (Å²) < 4.78 is 10.6. The van der Waals surface area contributed by atoms with Gasteiger partial charge in [0, 0.05) is 26.4 Å². The zero-order valence-electron chi connectivity index (χ0n) is 9.42. The summed E-state index contributed by atoms with van der Waals surface area (Å²) in [7, 11) is 1.77. The normalized spacial score (nSPS) is 21.0. The van der Waals surface area contributed by atoms with Gasteiger partial charge in [-0.3, -0.25) is 0 Å². The molecule has 1 rings (SSSR count). The van der Waals surface area contributed by atoms with Crippen molar-refractivity contribution in [2.24, 2.45) is 5.92 Å². The molecule has 0 bridgehead atoms. The molecule has 0 aromatic rings. The van der Waals surface area contributed by atoms with E-state index in [1.54, 1.807) is 7.11 Å². The molecule has 1 saturated heterocycles. The Labute approximate surface area is 87.2 Å². The second-order valence-corrected chi connectivity index (χ2v) is 4.00. The van der Waals surface area contributed by atoms with Crippen LogP contribution in [0.25, 0.3) is 0 Å². The fraction of sp³-hybridized carbons (Fsp3) is 1.00. The minimum Gasteiger partial charge on any atom is -0.383 e. The van der Waals surface area contributed by atoms with Crippen molar-refractivity contribution >= 4 is 0 Å². The van der Waals surface area contributed by atoms with Gasteiger partial charge in [-0.1, -0.05) is 6.92 Å². The number of ether oxygens (including phenoxy) is 2. The maximum Gasteiger partial charge on any atom is 0.0615 e. The maximum absolute atomic E-state index is 5.35. The third kappa shape index (κ3) is 4.40. The summed E-state index contributed by atoms with van der Waals surface area (Å²) in [6.45, 7) is 5.88. The first-order valence-corrected chi connectivity index (χ1v) is 5.66. The molecule has 0 aliphatic carbocycles. The SMILES string of the molecule is CCNC(COC)CC1CCOCC1. The van der Waals surface area contributed by atoms with E-state index in [0.29, 0.717) is 6.04 Å². The van der Waals surface area contributed by atoms with E-state index in [-0.39, 0.29) is 0 Å². The van der Waals surface area contributed by atoms with Crippen LogP contribution in [0.4, 0.5) is 0 Å². The van der Waals surface area contributed by atoms with E-state index in [2.05, 4.69) is 12.2 Å². The summed E-state index contributed by atoms with van der Waals surface area (Å²) in [5.74, 6) is 0.822. The van der Waals surface area contributed by atoms with Crippen molar-refractivity contribution in [3.05, 3.63) is 0 Å². The van der Waals surface area contributed by atoms with Crippen LogP contribution < -0.4 is 5.32 Å². The lowest BCUT2D eigenvalue weighted by atomic mass is 9.93. The molecule has 1 N–H and O–H groups in total. The van der Waals surface area contributed by atoms with Crippen LogP contribution in [0.1, 0.15) is 26.2 Å². The molecule has 1 heterocycles. The van der Waals surface area contributed by atoms with Crippen LogP contribution in [0.5, 0.6) is 0 Å². The molecule has 1 aliphatic heterocycles. The molecule has 0 aromatic heterocycles. The Kier molecular flexibility index (Phi) is 6.15. The molecule has 1 aliphatic rings. The minimum absolute atomic E-state index is 0.521. The lowest BCUT2D eigenvalue weighted by Crippen LogP contribution is -2.36. The lowest BCUT2D eigenvalue weighted by molar-refractivity contribution is 0.0552. The van der Waals surface area contributed by atoms with Gasteiger partial charge in [0.1, 0.15) is 0 Å². The summed E-state index contributed by atoms with van der Waals surface area (Å²) in [6, 6.07) is 0.521. The first-order valence-electron chi connectivity index (χ1n) is 5.66. The number of hydrogen-bond donors (Lipinski definition) is 1. The van der Waals surface area contributed by atoms with Crippen molar-refractivity contribution < 1.29 is 9.47 Å². The van der Waals surface area contributed by atoms with E-state index in [1.165, 1.54) is 19.3 Å². The number of likely N-dealkylation sites (N-methyl/N-ethyl adjacent to an activating group) is 1. The molecule has 0 saturated carbocycles. The van der Waals surface area contributed by atoms with Gasteiger partial charge < -0.3 is 14.8 Å². The summed E-state index contributed by atoms with van der Waals surface area (Å²) in [5.41, 5.74) is 0. The Balaban J connectivity index is 2.21. The Morgan fingerprint density at radius 1 is 1.43 bits per heavy atom. The molecular weight excluding hydrogens is 178 g/mol. The topological polar surface area (TPSA) is 30.5 Å². The van der Waals surface area contributed by atoms with E-state index >= 15 is 0 Å². The van der Waals surface area contributed by atoms with E-state index < -0.39 is 0 Å². The summed E-state index contributed by atoms with van der Waals surface area (Å²) >= 11 is 0. The van der Waals surface area contributed by atoms with E-state index in [0.717, 1.165) is 32.3 Å². The van der Waals surface area contributed by atoms with E-state index in [9.17, 15) is 0 Å². The first-order chi connectivity index (χ1) is 6.86. The maximum atomic E-state index is 5.35. The quantitative estimate of drug-likeness (QED) is 0.705. The van der Waals surface area contributed by atoms with Gasteiger partial charge in [-0.25, -0.2) is 0 Å². The number of hydrogen-bond acceptors (Lipinski definition) is 3. The van der Waals surface area contributed by atoms with Gasteiger partial charge in [0.05, 0.1) is 6.61 Å². The molecule has 84 valence electrons. The highest BCUT2D eigenvalue weighted by Gasteiger charge is 2.18. The standard InChI is InChI=1S/C11H23NO2/c1-3-12-11(9-13-2)8-10-4-6-14-7-5-10/h10-12H,3-9H2,1-2H3. The second kappa shape index (κ2) is 7.21. The summed E-state index contributed by atoms with van der Waals surface area (Å²) in [4.78, 5) is 0. The Hall–Kier alpha value is -0.120. The molecule has 3 heteroatoms. The predicted octanol–water partition coefficient (Wildman–Crippen LogP) is 1.43.